The van der Waals surface area contributed by atoms with Crippen LogP contribution in [0.1, 0.15) is 18.1 Å². The molecule has 0 saturated heterocycles. The molecule has 0 aliphatic heterocycles. The number of carboxylic acid groups (broad SMARTS) is 1. The van der Waals surface area contributed by atoms with Gasteiger partial charge < -0.3 is 9.84 Å². The van der Waals surface area contributed by atoms with Gasteiger partial charge in [-0.3, -0.25) is 4.90 Å². The maximum absolute atomic E-state index is 11.9. The zero-order valence-corrected chi connectivity index (χ0v) is 12.4. The molecule has 5 nitrogen and oxygen atoms in total. The molecule has 1 aromatic carbocycles. The molecule has 0 radical (unpaired) electrons. The summed E-state index contributed by atoms with van der Waals surface area (Å²) < 4.78 is 4.94. The van der Waals surface area contributed by atoms with Gasteiger partial charge in [0.2, 0.25) is 0 Å². The van der Waals surface area contributed by atoms with Crippen LogP contribution in [0.5, 0.6) is 0 Å². The number of carbonyl (C=O) groups excluding carboxylic acids is 1. The molecule has 0 bridgehead atoms. The second-order valence-electron chi connectivity index (χ2n) is 4.70. The number of hydrogen-bond donors (Lipinski definition) is 1. The number of carbonyl (C=O) groups is 2. The fraction of sp³-hybridized carbons (Fsp3) is 0.375. The van der Waals surface area contributed by atoms with Crippen LogP contribution in [0.4, 0.5) is 4.79 Å². The van der Waals surface area contributed by atoms with Crippen molar-refractivity contribution in [2.24, 2.45) is 0 Å². The van der Waals surface area contributed by atoms with Crippen LogP contribution in [-0.4, -0.2) is 41.3 Å². The predicted octanol–water partition coefficient (Wildman–Crippen LogP) is 2.64. The van der Waals surface area contributed by atoms with Crippen molar-refractivity contribution in [3.05, 3.63) is 48.0 Å². The number of amides is 1. The van der Waals surface area contributed by atoms with Gasteiger partial charge in [0.15, 0.2) is 0 Å². The number of benzene rings is 1. The Morgan fingerprint density at radius 1 is 1.38 bits per heavy atom. The van der Waals surface area contributed by atoms with Crippen molar-refractivity contribution in [3.8, 4) is 0 Å². The van der Waals surface area contributed by atoms with Gasteiger partial charge in [-0.15, -0.1) is 0 Å². The quantitative estimate of drug-likeness (QED) is 0.784. The molecular formula is C16H21NO4. The highest BCUT2D eigenvalue weighted by Crippen LogP contribution is 2.12. The molecule has 114 valence electrons. The van der Waals surface area contributed by atoms with Crippen molar-refractivity contribution in [1.82, 2.24) is 4.90 Å². The van der Waals surface area contributed by atoms with E-state index in [4.69, 9.17) is 4.74 Å². The largest absolute Gasteiger partial charge is 0.480 e. The highest BCUT2D eigenvalue weighted by molar-refractivity contribution is 5.80. The average Bonchev–Trinajstić information content (AvgIpc) is 2.46. The molecule has 0 fully saturated rings. The van der Waals surface area contributed by atoms with Gasteiger partial charge in [-0.05, 0) is 19.4 Å². The number of ether oxygens (including phenoxy) is 1. The molecule has 0 aliphatic carbocycles. The van der Waals surface area contributed by atoms with Gasteiger partial charge >= 0.3 is 12.1 Å². The van der Waals surface area contributed by atoms with Crippen LogP contribution in [0.15, 0.2) is 36.9 Å². The summed E-state index contributed by atoms with van der Waals surface area (Å²) in [7, 11) is 0. The lowest BCUT2D eigenvalue weighted by molar-refractivity contribution is -0.142. The second-order valence-corrected chi connectivity index (χ2v) is 4.70. The van der Waals surface area contributed by atoms with Crippen molar-refractivity contribution in [3.63, 3.8) is 0 Å². The molecule has 0 saturated carbocycles. The van der Waals surface area contributed by atoms with Gasteiger partial charge in [0.25, 0.3) is 0 Å². The number of nitrogens with zero attached hydrogens (tertiary/aromatic N) is 1. The van der Waals surface area contributed by atoms with E-state index in [0.29, 0.717) is 0 Å². The van der Waals surface area contributed by atoms with Gasteiger partial charge in [0, 0.05) is 13.0 Å². The molecule has 1 aromatic rings. The summed E-state index contributed by atoms with van der Waals surface area (Å²) >= 11 is 0. The average molecular weight is 291 g/mol. The highest BCUT2D eigenvalue weighted by Gasteiger charge is 2.29. The Balaban J connectivity index is 2.87. The van der Waals surface area contributed by atoms with E-state index in [9.17, 15) is 14.7 Å². The number of aryl methyl sites for hydroxylation is 1. The fourth-order valence-corrected chi connectivity index (χ4v) is 1.97. The Labute approximate surface area is 124 Å². The lowest BCUT2D eigenvalue weighted by Crippen LogP contribution is -2.46. The van der Waals surface area contributed by atoms with E-state index in [1.165, 1.54) is 11.0 Å². The molecule has 1 amide bonds. The van der Waals surface area contributed by atoms with Gasteiger partial charge in [-0.2, -0.15) is 0 Å². The molecule has 1 atom stereocenters. The van der Waals surface area contributed by atoms with Crippen LogP contribution in [0.3, 0.4) is 0 Å². The zero-order valence-electron chi connectivity index (χ0n) is 12.4. The van der Waals surface area contributed by atoms with Gasteiger partial charge in [-0.1, -0.05) is 42.5 Å². The van der Waals surface area contributed by atoms with Crippen LogP contribution in [0, 0.1) is 6.92 Å². The first-order chi connectivity index (χ1) is 9.99. The van der Waals surface area contributed by atoms with Crippen molar-refractivity contribution in [2.45, 2.75) is 26.3 Å². The fourth-order valence-electron chi connectivity index (χ4n) is 1.97. The highest BCUT2D eigenvalue weighted by atomic mass is 16.6. The van der Waals surface area contributed by atoms with Crippen LogP contribution in [0.25, 0.3) is 0 Å². The molecule has 0 spiro atoms. The maximum atomic E-state index is 11.9. The number of carboxylic acids is 1. The standard InChI is InChI=1S/C16H21NO4/c1-4-10-21-16(20)17(5-2)14(15(18)19)11-13-8-6-12(3)7-9-13/h4,6-9,14H,1,5,10-11H2,2-3H3,(H,18,19). The summed E-state index contributed by atoms with van der Waals surface area (Å²) in [5.74, 6) is -1.05. The van der Waals surface area contributed by atoms with Crippen LogP contribution >= 0.6 is 0 Å². The normalized spacial score (nSPS) is 11.5. The van der Waals surface area contributed by atoms with Crippen LogP contribution < -0.4 is 0 Å². The third-order valence-electron chi connectivity index (χ3n) is 3.11. The molecule has 1 N–H and O–H groups in total. The maximum Gasteiger partial charge on any atom is 0.410 e. The molecule has 0 aliphatic rings. The van der Waals surface area contributed by atoms with E-state index in [1.807, 2.05) is 31.2 Å². The minimum Gasteiger partial charge on any atom is -0.480 e. The smallest absolute Gasteiger partial charge is 0.410 e. The molecule has 5 heteroatoms. The first-order valence-corrected chi connectivity index (χ1v) is 6.82. The Morgan fingerprint density at radius 3 is 2.48 bits per heavy atom. The lowest BCUT2D eigenvalue weighted by atomic mass is 10.0. The van der Waals surface area contributed by atoms with E-state index >= 15 is 0 Å². The minimum atomic E-state index is -1.05. The zero-order chi connectivity index (χ0) is 15.8. The Bertz CT molecular complexity index is 496. The SMILES string of the molecule is C=CCOC(=O)N(CC)C(Cc1ccc(C)cc1)C(=O)O. The summed E-state index contributed by atoms with van der Waals surface area (Å²) in [5.41, 5.74) is 1.96. The molecule has 1 rings (SSSR count). The summed E-state index contributed by atoms with van der Waals surface area (Å²) in [6.07, 6.45) is 1.05. The number of aliphatic carboxylic acids is 1. The monoisotopic (exact) mass is 291 g/mol. The second kappa shape index (κ2) is 8.09. The molecule has 0 aromatic heterocycles. The van der Waals surface area contributed by atoms with Crippen molar-refractivity contribution < 1.29 is 19.4 Å². The number of likely N-dealkylation sites (N-methyl/N-ethyl adjacent to an activating group) is 1. The number of hydrogen-bond acceptors (Lipinski definition) is 3. The summed E-state index contributed by atoms with van der Waals surface area (Å²) in [6.45, 7) is 7.47. The first kappa shape index (κ1) is 16.8. The molecule has 21 heavy (non-hydrogen) atoms. The summed E-state index contributed by atoms with van der Waals surface area (Å²) in [6, 6.07) is 6.62. The van der Waals surface area contributed by atoms with Gasteiger partial charge in [-0.25, -0.2) is 9.59 Å². The molecule has 1 unspecified atom stereocenters. The van der Waals surface area contributed by atoms with Crippen molar-refractivity contribution in [2.75, 3.05) is 13.2 Å². The van der Waals surface area contributed by atoms with Crippen molar-refractivity contribution >= 4 is 12.1 Å². The van der Waals surface area contributed by atoms with Crippen LogP contribution in [-0.2, 0) is 16.0 Å². The summed E-state index contributed by atoms with van der Waals surface area (Å²) in [4.78, 5) is 24.6. The first-order valence-electron chi connectivity index (χ1n) is 6.82. The van der Waals surface area contributed by atoms with Gasteiger partial charge in [0.05, 0.1) is 0 Å². The molecule has 0 heterocycles. The Morgan fingerprint density at radius 2 is 2.00 bits per heavy atom. The van der Waals surface area contributed by atoms with Gasteiger partial charge in [0.1, 0.15) is 12.6 Å². The summed E-state index contributed by atoms with van der Waals surface area (Å²) in [5, 5.41) is 9.40. The predicted molar refractivity (Wildman–Crippen MR) is 80.2 cm³/mol. The van der Waals surface area contributed by atoms with Crippen molar-refractivity contribution in [1.29, 1.82) is 0 Å². The third kappa shape index (κ3) is 4.95. The van der Waals surface area contributed by atoms with E-state index in [2.05, 4.69) is 6.58 Å². The molecular weight excluding hydrogens is 270 g/mol. The minimum absolute atomic E-state index is 0.0617. The topological polar surface area (TPSA) is 66.8 Å². The lowest BCUT2D eigenvalue weighted by Gasteiger charge is -2.27. The van der Waals surface area contributed by atoms with E-state index in [0.717, 1.165) is 11.1 Å². The van der Waals surface area contributed by atoms with Crippen LogP contribution in [0.2, 0.25) is 0 Å². The van der Waals surface area contributed by atoms with E-state index in [-0.39, 0.29) is 19.6 Å². The van der Waals surface area contributed by atoms with E-state index in [1.54, 1.807) is 6.92 Å². The van der Waals surface area contributed by atoms with E-state index < -0.39 is 18.1 Å². The Kier molecular flexibility index (Phi) is 6.46. The third-order valence-corrected chi connectivity index (χ3v) is 3.11. The number of rotatable bonds is 7. The Hall–Kier alpha value is -2.30.